The second-order valence-corrected chi connectivity index (χ2v) is 7.35. The molecule has 0 aliphatic rings. The molecule has 0 amide bonds. The summed E-state index contributed by atoms with van der Waals surface area (Å²) >= 11 is 11.7. The molecule has 0 saturated heterocycles. The summed E-state index contributed by atoms with van der Waals surface area (Å²) in [6.45, 7) is 1.77. The topological polar surface area (TPSA) is 69.0 Å². The first-order valence-electron chi connectivity index (χ1n) is 5.86. The molecule has 0 N–H and O–H groups in total. The smallest absolute Gasteiger partial charge is 0.253 e. The van der Waals surface area contributed by atoms with Crippen molar-refractivity contribution in [1.82, 2.24) is 9.78 Å². The van der Waals surface area contributed by atoms with Gasteiger partial charge in [-0.1, -0.05) is 11.6 Å². The molecule has 21 heavy (non-hydrogen) atoms. The molecular formula is C13H12Cl2N2O3S. The highest BCUT2D eigenvalue weighted by Crippen LogP contribution is 2.37. The van der Waals surface area contributed by atoms with E-state index in [2.05, 4.69) is 5.10 Å². The zero-order chi connectivity index (χ0) is 15.9. The number of rotatable bonds is 3. The van der Waals surface area contributed by atoms with E-state index >= 15 is 0 Å². The van der Waals surface area contributed by atoms with Gasteiger partial charge in [0.25, 0.3) is 5.24 Å². The number of sulfone groups is 1. The maximum Gasteiger partial charge on any atom is 0.253 e. The van der Waals surface area contributed by atoms with Crippen LogP contribution in [0.5, 0.6) is 0 Å². The van der Waals surface area contributed by atoms with Crippen molar-refractivity contribution in [3.8, 4) is 11.3 Å². The number of halogens is 2. The Kier molecular flexibility index (Phi) is 4.15. The Morgan fingerprint density at radius 1 is 1.33 bits per heavy atom. The van der Waals surface area contributed by atoms with Crippen LogP contribution in [-0.2, 0) is 16.9 Å². The molecule has 0 spiro atoms. The Morgan fingerprint density at radius 3 is 2.38 bits per heavy atom. The lowest BCUT2D eigenvalue weighted by atomic mass is 10.1. The Bertz CT molecular complexity index is 841. The van der Waals surface area contributed by atoms with Crippen molar-refractivity contribution in [2.45, 2.75) is 11.8 Å². The molecular weight excluding hydrogens is 335 g/mol. The van der Waals surface area contributed by atoms with Crippen molar-refractivity contribution in [2.24, 2.45) is 7.05 Å². The minimum absolute atomic E-state index is 0.000856. The van der Waals surface area contributed by atoms with Crippen LogP contribution in [0, 0.1) is 6.92 Å². The van der Waals surface area contributed by atoms with Gasteiger partial charge in [-0.25, -0.2) is 8.42 Å². The molecule has 0 unspecified atom stereocenters. The molecule has 2 aromatic rings. The lowest BCUT2D eigenvalue weighted by Crippen LogP contribution is -2.05. The predicted molar refractivity (Wildman–Crippen MR) is 81.7 cm³/mol. The van der Waals surface area contributed by atoms with Crippen LogP contribution in [0.3, 0.4) is 0 Å². The molecule has 0 aliphatic carbocycles. The molecule has 5 nitrogen and oxygen atoms in total. The van der Waals surface area contributed by atoms with Crippen LogP contribution >= 0.6 is 23.2 Å². The first kappa shape index (κ1) is 16.0. The van der Waals surface area contributed by atoms with Crippen LogP contribution in [0.4, 0.5) is 0 Å². The minimum atomic E-state index is -3.53. The molecule has 1 heterocycles. The van der Waals surface area contributed by atoms with E-state index < -0.39 is 15.1 Å². The highest BCUT2D eigenvalue weighted by atomic mass is 35.5. The molecule has 0 fully saturated rings. The lowest BCUT2D eigenvalue weighted by molar-refractivity contribution is 0.108. The molecule has 8 heteroatoms. The largest absolute Gasteiger partial charge is 0.276 e. The highest BCUT2D eigenvalue weighted by Gasteiger charge is 2.24. The van der Waals surface area contributed by atoms with Gasteiger partial charge in [0, 0.05) is 18.9 Å². The van der Waals surface area contributed by atoms with Crippen molar-refractivity contribution in [3.63, 3.8) is 0 Å². The van der Waals surface area contributed by atoms with E-state index in [4.69, 9.17) is 23.2 Å². The van der Waals surface area contributed by atoms with Crippen LogP contribution < -0.4 is 0 Å². The van der Waals surface area contributed by atoms with Gasteiger partial charge in [0.05, 0.1) is 26.9 Å². The molecule has 1 aromatic carbocycles. The third kappa shape index (κ3) is 2.97. The molecule has 0 aliphatic heterocycles. The predicted octanol–water partition coefficient (Wildman–Crippen LogP) is 2.83. The first-order chi connectivity index (χ1) is 9.62. The van der Waals surface area contributed by atoms with Crippen LogP contribution in [0.15, 0.2) is 23.1 Å². The summed E-state index contributed by atoms with van der Waals surface area (Å²) in [5.74, 6) is 0. The van der Waals surface area contributed by atoms with Crippen molar-refractivity contribution < 1.29 is 13.2 Å². The zero-order valence-corrected chi connectivity index (χ0v) is 13.8. The summed E-state index contributed by atoms with van der Waals surface area (Å²) in [7, 11) is -1.87. The Labute approximate surface area is 132 Å². The van der Waals surface area contributed by atoms with Gasteiger partial charge in [-0.15, -0.1) is 0 Å². The zero-order valence-electron chi connectivity index (χ0n) is 11.5. The molecule has 2 rings (SSSR count). The first-order valence-corrected chi connectivity index (χ1v) is 8.51. The SMILES string of the molecule is Cc1cc(-c2c(S(C)(=O)=O)ccc(C(=O)Cl)c2Cl)n(C)n1. The van der Waals surface area contributed by atoms with Crippen molar-refractivity contribution >= 4 is 38.3 Å². The van der Waals surface area contributed by atoms with Crippen molar-refractivity contribution in [1.29, 1.82) is 0 Å². The fourth-order valence-corrected chi connectivity index (χ4v) is 3.60. The molecule has 0 saturated carbocycles. The molecule has 112 valence electrons. The van der Waals surface area contributed by atoms with Gasteiger partial charge in [-0.3, -0.25) is 9.48 Å². The van der Waals surface area contributed by atoms with Gasteiger partial charge in [-0.05, 0) is 36.7 Å². The van der Waals surface area contributed by atoms with Crippen LogP contribution in [-0.4, -0.2) is 29.7 Å². The molecule has 0 atom stereocenters. The van der Waals surface area contributed by atoms with Gasteiger partial charge in [0.1, 0.15) is 0 Å². The van der Waals surface area contributed by atoms with E-state index in [-0.39, 0.29) is 21.0 Å². The summed E-state index contributed by atoms with van der Waals surface area (Å²) in [5, 5.41) is 3.42. The number of hydrogen-bond donors (Lipinski definition) is 0. The van der Waals surface area contributed by atoms with Crippen LogP contribution in [0.25, 0.3) is 11.3 Å². The number of carbonyl (C=O) groups excluding carboxylic acids is 1. The Balaban J connectivity index is 2.92. The number of benzene rings is 1. The summed E-state index contributed by atoms with van der Waals surface area (Å²) in [6.07, 6.45) is 1.08. The van der Waals surface area contributed by atoms with Crippen molar-refractivity contribution in [3.05, 3.63) is 34.5 Å². The number of carbonyl (C=O) groups is 1. The van der Waals surface area contributed by atoms with Gasteiger partial charge in [0.2, 0.25) is 0 Å². The summed E-state index contributed by atoms with van der Waals surface area (Å²) in [6, 6.07) is 4.33. The third-order valence-corrected chi connectivity index (χ3v) is 4.71. The molecule has 1 aromatic heterocycles. The van der Waals surface area contributed by atoms with Crippen LogP contribution in [0.2, 0.25) is 5.02 Å². The van der Waals surface area contributed by atoms with E-state index in [1.807, 2.05) is 0 Å². The highest BCUT2D eigenvalue weighted by molar-refractivity contribution is 7.90. The average molecular weight is 347 g/mol. The second-order valence-electron chi connectivity index (χ2n) is 4.64. The number of aryl methyl sites for hydroxylation is 2. The summed E-state index contributed by atoms with van der Waals surface area (Å²) in [4.78, 5) is 11.4. The molecule has 0 bridgehead atoms. The number of aromatic nitrogens is 2. The van der Waals surface area contributed by atoms with Crippen molar-refractivity contribution in [2.75, 3.05) is 6.26 Å². The van der Waals surface area contributed by atoms with Gasteiger partial charge in [0.15, 0.2) is 9.84 Å². The summed E-state index contributed by atoms with van der Waals surface area (Å²) in [5.41, 5.74) is 1.48. The quantitative estimate of drug-likeness (QED) is 0.801. The Morgan fingerprint density at radius 2 is 1.95 bits per heavy atom. The van der Waals surface area contributed by atoms with E-state index in [0.29, 0.717) is 11.4 Å². The minimum Gasteiger partial charge on any atom is -0.276 e. The van der Waals surface area contributed by atoms with E-state index in [0.717, 1.165) is 6.26 Å². The maximum absolute atomic E-state index is 12.0. The Hall–Kier alpha value is -1.37. The van der Waals surface area contributed by atoms with E-state index in [1.165, 1.54) is 16.8 Å². The summed E-state index contributed by atoms with van der Waals surface area (Å²) < 4.78 is 25.5. The van der Waals surface area contributed by atoms with Gasteiger partial charge < -0.3 is 0 Å². The lowest BCUT2D eigenvalue weighted by Gasteiger charge is -2.12. The van der Waals surface area contributed by atoms with Crippen LogP contribution in [0.1, 0.15) is 16.1 Å². The second kappa shape index (κ2) is 5.44. The van der Waals surface area contributed by atoms with Gasteiger partial charge >= 0.3 is 0 Å². The average Bonchev–Trinajstić information content (AvgIpc) is 2.66. The maximum atomic E-state index is 12.0. The number of hydrogen-bond acceptors (Lipinski definition) is 4. The number of nitrogens with zero attached hydrogens (tertiary/aromatic N) is 2. The normalized spacial score (nSPS) is 11.7. The monoisotopic (exact) mass is 346 g/mol. The fraction of sp³-hybridized carbons (Fsp3) is 0.231. The molecule has 0 radical (unpaired) electrons. The fourth-order valence-electron chi connectivity index (χ4n) is 2.10. The van der Waals surface area contributed by atoms with E-state index in [1.54, 1.807) is 20.0 Å². The van der Waals surface area contributed by atoms with E-state index in [9.17, 15) is 13.2 Å². The third-order valence-electron chi connectivity index (χ3n) is 2.97. The van der Waals surface area contributed by atoms with Gasteiger partial charge in [-0.2, -0.15) is 5.10 Å². The standard InChI is InChI=1S/C13H12Cl2N2O3S/c1-7-6-9(17(2)16-7)11-10(21(3,19)20)5-4-8(12(11)14)13(15)18/h4-6H,1-3H3.